The van der Waals surface area contributed by atoms with Crippen LogP contribution in [0.2, 0.25) is 0 Å². The van der Waals surface area contributed by atoms with Gasteiger partial charge in [0.2, 0.25) is 0 Å². The molecule has 2 rings (SSSR count). The minimum atomic E-state index is 0.447. The fourth-order valence-electron chi connectivity index (χ4n) is 3.84. The van der Waals surface area contributed by atoms with Crippen molar-refractivity contribution in [2.45, 2.75) is 46.5 Å². The highest BCUT2D eigenvalue weighted by atomic mass is 14.6. The lowest BCUT2D eigenvalue weighted by molar-refractivity contribution is 0.272. The molecule has 2 bridgehead atoms. The third-order valence-corrected chi connectivity index (χ3v) is 4.62. The maximum absolute atomic E-state index is 5.59. The van der Waals surface area contributed by atoms with E-state index in [1.54, 1.807) is 5.57 Å². The molecule has 0 aliphatic heterocycles. The lowest BCUT2D eigenvalue weighted by atomic mass is 9.68. The minimum absolute atomic E-state index is 0.447. The smallest absolute Gasteiger partial charge is 0.00425 e. The Kier molecular flexibility index (Phi) is 2.26. The Labute approximate surface area is 87.8 Å². The van der Waals surface area contributed by atoms with Crippen molar-refractivity contribution < 1.29 is 0 Å². The highest BCUT2D eigenvalue weighted by Crippen LogP contribution is 2.65. The van der Waals surface area contributed by atoms with Crippen molar-refractivity contribution in [3.05, 3.63) is 11.6 Å². The lowest BCUT2D eigenvalue weighted by Crippen LogP contribution is -2.26. The van der Waals surface area contributed by atoms with Crippen LogP contribution in [0.15, 0.2) is 11.6 Å². The molecule has 14 heavy (non-hydrogen) atoms. The van der Waals surface area contributed by atoms with E-state index in [-0.39, 0.29) is 0 Å². The summed E-state index contributed by atoms with van der Waals surface area (Å²) in [5, 5.41) is 0. The Hall–Kier alpha value is -0.300. The molecule has 2 saturated carbocycles. The van der Waals surface area contributed by atoms with Crippen LogP contribution in [0.5, 0.6) is 0 Å². The fourth-order valence-corrected chi connectivity index (χ4v) is 3.84. The highest BCUT2D eigenvalue weighted by molar-refractivity contribution is 5.31. The number of fused-ring (bicyclic) bond motifs is 2. The van der Waals surface area contributed by atoms with Gasteiger partial charge in [0.05, 0.1) is 0 Å². The summed E-state index contributed by atoms with van der Waals surface area (Å²) in [5.74, 6) is 0.927. The van der Waals surface area contributed by atoms with Gasteiger partial charge in [0.15, 0.2) is 0 Å². The zero-order chi connectivity index (χ0) is 10.4. The van der Waals surface area contributed by atoms with Gasteiger partial charge in [-0.15, -0.1) is 0 Å². The third-order valence-electron chi connectivity index (χ3n) is 4.62. The van der Waals surface area contributed by atoms with Crippen molar-refractivity contribution in [3.63, 3.8) is 0 Å². The molecule has 0 radical (unpaired) electrons. The van der Waals surface area contributed by atoms with E-state index in [2.05, 4.69) is 26.8 Å². The van der Waals surface area contributed by atoms with Crippen LogP contribution in [0.4, 0.5) is 0 Å². The average Bonchev–Trinajstić information content (AvgIpc) is 2.55. The molecule has 0 aromatic heterocycles. The molecular weight excluding hydrogens is 170 g/mol. The SMILES string of the molecule is CC12CCC(C1)C(C)(C)C2=CCCN. The second-order valence-corrected chi connectivity index (χ2v) is 5.92. The van der Waals surface area contributed by atoms with E-state index in [1.807, 2.05) is 0 Å². The van der Waals surface area contributed by atoms with Crippen molar-refractivity contribution in [1.29, 1.82) is 0 Å². The lowest BCUT2D eigenvalue weighted by Gasteiger charge is -2.37. The van der Waals surface area contributed by atoms with E-state index < -0.39 is 0 Å². The first kappa shape index (κ1) is 10.2. The van der Waals surface area contributed by atoms with Gasteiger partial charge in [-0.25, -0.2) is 0 Å². The highest BCUT2D eigenvalue weighted by Gasteiger charge is 2.55. The number of rotatable bonds is 2. The molecule has 0 heterocycles. The fraction of sp³-hybridized carbons (Fsp3) is 0.846. The maximum Gasteiger partial charge on any atom is -0.00425 e. The van der Waals surface area contributed by atoms with Crippen LogP contribution in [0.25, 0.3) is 0 Å². The normalized spacial score (nSPS) is 42.3. The molecule has 2 N–H and O–H groups in total. The van der Waals surface area contributed by atoms with Crippen molar-refractivity contribution in [1.82, 2.24) is 0 Å². The third kappa shape index (κ3) is 1.25. The zero-order valence-electron chi connectivity index (χ0n) is 9.77. The zero-order valence-corrected chi connectivity index (χ0v) is 9.77. The molecule has 0 saturated heterocycles. The summed E-state index contributed by atoms with van der Waals surface area (Å²) in [5.41, 5.74) is 8.26. The van der Waals surface area contributed by atoms with Crippen molar-refractivity contribution in [3.8, 4) is 0 Å². The van der Waals surface area contributed by atoms with Gasteiger partial charge in [0.25, 0.3) is 0 Å². The number of hydrogen-bond acceptors (Lipinski definition) is 1. The molecule has 2 atom stereocenters. The van der Waals surface area contributed by atoms with Gasteiger partial charge in [-0.05, 0) is 49.0 Å². The Morgan fingerprint density at radius 1 is 1.43 bits per heavy atom. The molecule has 0 aromatic carbocycles. The summed E-state index contributed by atoms with van der Waals surface area (Å²) in [4.78, 5) is 0. The summed E-state index contributed by atoms with van der Waals surface area (Å²) in [6.07, 6.45) is 7.73. The second kappa shape index (κ2) is 3.10. The largest absolute Gasteiger partial charge is 0.330 e. The molecule has 0 spiro atoms. The first-order valence-electron chi connectivity index (χ1n) is 5.92. The summed E-state index contributed by atoms with van der Waals surface area (Å²) in [7, 11) is 0. The van der Waals surface area contributed by atoms with Crippen molar-refractivity contribution in [2.75, 3.05) is 6.54 Å². The Morgan fingerprint density at radius 3 is 2.64 bits per heavy atom. The summed E-state index contributed by atoms with van der Waals surface area (Å²) in [6.45, 7) is 8.08. The molecule has 2 unspecified atom stereocenters. The van der Waals surface area contributed by atoms with Crippen molar-refractivity contribution in [2.24, 2.45) is 22.5 Å². The maximum atomic E-state index is 5.59. The van der Waals surface area contributed by atoms with Crippen LogP contribution in [0, 0.1) is 16.7 Å². The first-order valence-corrected chi connectivity index (χ1v) is 5.92. The van der Waals surface area contributed by atoms with Gasteiger partial charge >= 0.3 is 0 Å². The predicted octanol–water partition coefficient (Wildman–Crippen LogP) is 3.11. The van der Waals surface area contributed by atoms with E-state index in [0.717, 1.165) is 18.9 Å². The van der Waals surface area contributed by atoms with Crippen molar-refractivity contribution >= 4 is 0 Å². The van der Waals surface area contributed by atoms with Gasteiger partial charge in [-0.1, -0.05) is 32.4 Å². The average molecular weight is 193 g/mol. The van der Waals surface area contributed by atoms with Crippen LogP contribution in [-0.2, 0) is 0 Å². The molecule has 1 heteroatoms. The van der Waals surface area contributed by atoms with E-state index in [9.17, 15) is 0 Å². The van der Waals surface area contributed by atoms with E-state index in [4.69, 9.17) is 5.73 Å². The first-order chi connectivity index (χ1) is 6.50. The molecule has 2 aliphatic carbocycles. The monoisotopic (exact) mass is 193 g/mol. The number of nitrogens with two attached hydrogens (primary N) is 1. The van der Waals surface area contributed by atoms with Gasteiger partial charge in [0, 0.05) is 0 Å². The van der Waals surface area contributed by atoms with Crippen LogP contribution >= 0.6 is 0 Å². The summed E-state index contributed by atoms with van der Waals surface area (Å²) < 4.78 is 0. The van der Waals surface area contributed by atoms with Crippen LogP contribution in [0.1, 0.15) is 46.5 Å². The Morgan fingerprint density at radius 2 is 2.14 bits per heavy atom. The minimum Gasteiger partial charge on any atom is -0.330 e. The van der Waals surface area contributed by atoms with Gasteiger partial charge in [-0.3, -0.25) is 0 Å². The Balaban J connectivity index is 2.30. The molecule has 1 nitrogen and oxygen atoms in total. The molecule has 2 fully saturated rings. The molecular formula is C13H23N. The molecule has 2 aliphatic rings. The van der Waals surface area contributed by atoms with E-state index in [1.165, 1.54) is 19.3 Å². The number of allylic oxidation sites excluding steroid dienone is 1. The second-order valence-electron chi connectivity index (χ2n) is 5.92. The van der Waals surface area contributed by atoms with Crippen LogP contribution < -0.4 is 5.73 Å². The molecule has 0 aromatic rings. The van der Waals surface area contributed by atoms with Crippen LogP contribution in [-0.4, -0.2) is 6.54 Å². The van der Waals surface area contributed by atoms with E-state index in [0.29, 0.717) is 10.8 Å². The number of hydrogen-bond donors (Lipinski definition) is 1. The van der Waals surface area contributed by atoms with Gasteiger partial charge in [-0.2, -0.15) is 0 Å². The quantitative estimate of drug-likeness (QED) is 0.670. The summed E-state index contributed by atoms with van der Waals surface area (Å²) >= 11 is 0. The van der Waals surface area contributed by atoms with Gasteiger partial charge in [0.1, 0.15) is 0 Å². The standard InChI is InChI=1S/C13H23N/c1-12(2)10-6-7-13(3,9-10)11(12)5-4-8-14/h5,10H,4,6-9,14H2,1-3H3. The topological polar surface area (TPSA) is 26.0 Å². The Bertz CT molecular complexity index is 258. The predicted molar refractivity (Wildman–Crippen MR) is 61.0 cm³/mol. The summed E-state index contributed by atoms with van der Waals surface area (Å²) in [6, 6.07) is 0. The molecule has 0 amide bonds. The van der Waals surface area contributed by atoms with E-state index >= 15 is 0 Å². The molecule has 80 valence electrons. The van der Waals surface area contributed by atoms with Crippen LogP contribution in [0.3, 0.4) is 0 Å². The van der Waals surface area contributed by atoms with Gasteiger partial charge < -0.3 is 5.73 Å².